The second kappa shape index (κ2) is 5.39. The van der Waals surface area contributed by atoms with Crippen molar-refractivity contribution in [1.29, 1.82) is 0 Å². The minimum atomic E-state index is 0.847. The molecule has 0 spiro atoms. The highest BCUT2D eigenvalue weighted by atomic mass is 14.8. The summed E-state index contributed by atoms with van der Waals surface area (Å²) in [7, 11) is 1.91. The predicted molar refractivity (Wildman–Crippen MR) is 69.7 cm³/mol. The molecule has 4 nitrogen and oxygen atoms in total. The average Bonchev–Trinajstić information content (AvgIpc) is 2.41. The number of hydrogen-bond donors (Lipinski definition) is 1. The fraction of sp³-hybridized carbons (Fsp3) is 0.308. The molecule has 1 N–H and O–H groups in total. The molecule has 0 bridgehead atoms. The highest BCUT2D eigenvalue weighted by Crippen LogP contribution is 2.20. The third kappa shape index (κ3) is 2.58. The predicted octanol–water partition coefficient (Wildman–Crippen LogP) is 1.83. The van der Waals surface area contributed by atoms with Gasteiger partial charge in [-0.15, -0.1) is 0 Å². The van der Waals surface area contributed by atoms with E-state index in [0.29, 0.717) is 0 Å². The van der Waals surface area contributed by atoms with Gasteiger partial charge >= 0.3 is 0 Å². The quantitative estimate of drug-likeness (QED) is 0.858. The first-order valence-electron chi connectivity index (χ1n) is 5.68. The fourth-order valence-electron chi connectivity index (χ4n) is 1.78. The van der Waals surface area contributed by atoms with Crippen molar-refractivity contribution in [2.24, 2.45) is 4.99 Å². The summed E-state index contributed by atoms with van der Waals surface area (Å²) in [6.45, 7) is 2.88. The smallest absolute Gasteiger partial charge is 0.115 e. The van der Waals surface area contributed by atoms with Gasteiger partial charge in [0, 0.05) is 42.8 Å². The molecular formula is C13H16N4. The van der Waals surface area contributed by atoms with Crippen LogP contribution in [-0.2, 0) is 0 Å². The molecule has 0 saturated carbocycles. The molecule has 0 aromatic carbocycles. The molecule has 1 aliphatic rings. The van der Waals surface area contributed by atoms with E-state index in [2.05, 4.69) is 32.4 Å². The van der Waals surface area contributed by atoms with E-state index in [-0.39, 0.29) is 0 Å². The van der Waals surface area contributed by atoms with Crippen molar-refractivity contribution < 1.29 is 0 Å². The summed E-state index contributed by atoms with van der Waals surface area (Å²) >= 11 is 0. The first-order chi connectivity index (χ1) is 8.33. The Kier molecular flexibility index (Phi) is 3.65. The molecule has 0 atom stereocenters. The maximum absolute atomic E-state index is 4.55. The Morgan fingerprint density at radius 1 is 1.29 bits per heavy atom. The van der Waals surface area contributed by atoms with E-state index in [9.17, 15) is 0 Å². The molecule has 88 valence electrons. The molecule has 0 fully saturated rings. The first-order valence-corrected chi connectivity index (χ1v) is 5.68. The summed E-state index contributed by atoms with van der Waals surface area (Å²) in [6, 6.07) is 0. The van der Waals surface area contributed by atoms with Crippen LogP contribution < -0.4 is 5.32 Å². The molecule has 0 unspecified atom stereocenters. The Bertz CT molecular complexity index is 471. The highest BCUT2D eigenvalue weighted by molar-refractivity contribution is 6.29. The Labute approximate surface area is 101 Å². The molecule has 17 heavy (non-hydrogen) atoms. The third-order valence-electron chi connectivity index (χ3n) is 2.71. The van der Waals surface area contributed by atoms with Gasteiger partial charge in [-0.3, -0.25) is 4.99 Å². The average molecular weight is 228 g/mol. The van der Waals surface area contributed by atoms with Gasteiger partial charge in [0.25, 0.3) is 0 Å². The Morgan fingerprint density at radius 2 is 2.06 bits per heavy atom. The Balaban J connectivity index is 2.47. The van der Waals surface area contributed by atoms with Crippen LogP contribution in [0.5, 0.6) is 0 Å². The van der Waals surface area contributed by atoms with Crippen LogP contribution in [0.3, 0.4) is 0 Å². The number of allylic oxidation sites excluding steroid dienone is 3. The topological polar surface area (TPSA) is 50.2 Å². The van der Waals surface area contributed by atoms with Crippen molar-refractivity contribution in [3.63, 3.8) is 0 Å². The molecule has 0 aliphatic carbocycles. The summed E-state index contributed by atoms with van der Waals surface area (Å²) in [5.74, 6) is 0. The van der Waals surface area contributed by atoms with E-state index in [4.69, 9.17) is 0 Å². The van der Waals surface area contributed by atoms with E-state index in [1.807, 2.05) is 26.4 Å². The number of dihydropyridines is 1. The third-order valence-corrected chi connectivity index (χ3v) is 2.71. The number of nitrogens with one attached hydrogen (secondary N) is 1. The lowest BCUT2D eigenvalue weighted by molar-refractivity contribution is 0.982. The molecule has 1 aromatic rings. The lowest BCUT2D eigenvalue weighted by Gasteiger charge is -2.14. The summed E-state index contributed by atoms with van der Waals surface area (Å²) in [5, 5.41) is 3.17. The molecular weight excluding hydrogens is 212 g/mol. The SMILES string of the molecule is CNC(C)=C(C1=NCCC=C1)c1cncnc1. The van der Waals surface area contributed by atoms with Crippen LogP contribution in [0.1, 0.15) is 18.9 Å². The normalized spacial score (nSPS) is 16.2. The summed E-state index contributed by atoms with van der Waals surface area (Å²) < 4.78 is 0. The van der Waals surface area contributed by atoms with Crippen LogP contribution in [0.15, 0.2) is 41.6 Å². The monoisotopic (exact) mass is 228 g/mol. The van der Waals surface area contributed by atoms with Crippen LogP contribution in [0.2, 0.25) is 0 Å². The van der Waals surface area contributed by atoms with Crippen LogP contribution in [0.25, 0.3) is 5.57 Å². The maximum Gasteiger partial charge on any atom is 0.115 e. The lowest BCUT2D eigenvalue weighted by Crippen LogP contribution is -2.12. The first kappa shape index (κ1) is 11.5. The second-order valence-electron chi connectivity index (χ2n) is 3.84. The van der Waals surface area contributed by atoms with Crippen LogP contribution >= 0.6 is 0 Å². The van der Waals surface area contributed by atoms with Crippen molar-refractivity contribution in [1.82, 2.24) is 15.3 Å². The van der Waals surface area contributed by atoms with Crippen molar-refractivity contribution in [2.75, 3.05) is 13.6 Å². The van der Waals surface area contributed by atoms with Gasteiger partial charge < -0.3 is 5.32 Å². The highest BCUT2D eigenvalue weighted by Gasteiger charge is 2.12. The zero-order valence-electron chi connectivity index (χ0n) is 10.1. The van der Waals surface area contributed by atoms with Crippen LogP contribution in [-0.4, -0.2) is 29.3 Å². The molecule has 0 saturated heterocycles. The zero-order chi connectivity index (χ0) is 12.1. The maximum atomic E-state index is 4.55. The van der Waals surface area contributed by atoms with E-state index < -0.39 is 0 Å². The van der Waals surface area contributed by atoms with Crippen LogP contribution in [0.4, 0.5) is 0 Å². The van der Waals surface area contributed by atoms with E-state index >= 15 is 0 Å². The standard InChI is InChI=1S/C13H16N4/c1-10(14-2)13(11-7-15-9-16-8-11)12-5-3-4-6-17-12/h3,5,7-9,14H,4,6H2,1-2H3. The molecule has 1 aromatic heterocycles. The van der Waals surface area contributed by atoms with Gasteiger partial charge in [0.15, 0.2) is 0 Å². The molecule has 1 aliphatic heterocycles. The van der Waals surface area contributed by atoms with E-state index in [1.165, 1.54) is 6.33 Å². The van der Waals surface area contributed by atoms with Crippen molar-refractivity contribution in [3.05, 3.63) is 42.1 Å². The van der Waals surface area contributed by atoms with Gasteiger partial charge in [0.05, 0.1) is 5.71 Å². The molecule has 0 radical (unpaired) electrons. The minimum Gasteiger partial charge on any atom is -0.391 e. The van der Waals surface area contributed by atoms with Crippen molar-refractivity contribution >= 4 is 11.3 Å². The largest absolute Gasteiger partial charge is 0.391 e. The van der Waals surface area contributed by atoms with Gasteiger partial charge in [-0.2, -0.15) is 0 Å². The Hall–Kier alpha value is -1.97. The fourth-order valence-corrected chi connectivity index (χ4v) is 1.78. The van der Waals surface area contributed by atoms with Gasteiger partial charge in [0.2, 0.25) is 0 Å². The molecule has 4 heteroatoms. The van der Waals surface area contributed by atoms with E-state index in [0.717, 1.165) is 35.5 Å². The number of nitrogens with zero attached hydrogens (tertiary/aromatic N) is 3. The van der Waals surface area contributed by atoms with E-state index in [1.54, 1.807) is 0 Å². The van der Waals surface area contributed by atoms with Crippen molar-refractivity contribution in [2.45, 2.75) is 13.3 Å². The van der Waals surface area contributed by atoms with Gasteiger partial charge in [-0.25, -0.2) is 9.97 Å². The van der Waals surface area contributed by atoms with Crippen LogP contribution in [0, 0.1) is 0 Å². The lowest BCUT2D eigenvalue weighted by atomic mass is 10.00. The number of aromatic nitrogens is 2. The molecule has 0 amide bonds. The van der Waals surface area contributed by atoms with Gasteiger partial charge in [-0.05, 0) is 19.4 Å². The zero-order valence-corrected chi connectivity index (χ0v) is 10.1. The second-order valence-corrected chi connectivity index (χ2v) is 3.84. The number of hydrogen-bond acceptors (Lipinski definition) is 4. The summed E-state index contributed by atoms with van der Waals surface area (Å²) in [6.07, 6.45) is 10.4. The number of rotatable bonds is 3. The van der Waals surface area contributed by atoms with Gasteiger partial charge in [-0.1, -0.05) is 6.08 Å². The van der Waals surface area contributed by atoms with Gasteiger partial charge in [0.1, 0.15) is 6.33 Å². The Morgan fingerprint density at radius 3 is 2.65 bits per heavy atom. The summed E-state index contributed by atoms with van der Waals surface area (Å²) in [5.41, 5.74) is 4.14. The van der Waals surface area contributed by atoms with Crippen molar-refractivity contribution in [3.8, 4) is 0 Å². The number of aliphatic imine (C=N–C) groups is 1. The minimum absolute atomic E-state index is 0.847. The molecule has 2 heterocycles. The molecule has 2 rings (SSSR count). The summed E-state index contributed by atoms with van der Waals surface area (Å²) in [4.78, 5) is 12.7.